The van der Waals surface area contributed by atoms with Gasteiger partial charge < -0.3 is 51.0 Å². The first-order valence-corrected chi connectivity index (χ1v) is 27.0. The highest BCUT2D eigenvalue weighted by Gasteiger charge is 2.57. The van der Waals surface area contributed by atoms with Crippen molar-refractivity contribution in [3.8, 4) is 5.75 Å². The van der Waals surface area contributed by atoms with E-state index in [0.717, 1.165) is 12.0 Å². The van der Waals surface area contributed by atoms with Gasteiger partial charge in [0, 0.05) is 55.4 Å². The molecule has 0 aliphatic carbocycles. The Morgan fingerprint density at radius 1 is 0.946 bits per heavy atom. The summed E-state index contributed by atoms with van der Waals surface area (Å²) in [5.41, 5.74) is 3.33. The van der Waals surface area contributed by atoms with Crippen molar-refractivity contribution in [2.45, 2.75) is 187 Å². The third kappa shape index (κ3) is 15.1. The molecule has 0 aromatic heterocycles. The van der Waals surface area contributed by atoms with Crippen molar-refractivity contribution in [2.24, 2.45) is 47.3 Å². The Labute approximate surface area is 438 Å². The van der Waals surface area contributed by atoms with Gasteiger partial charge in [-0.15, -0.1) is 0 Å². The third-order valence-electron chi connectivity index (χ3n) is 16.3. The van der Waals surface area contributed by atoms with Gasteiger partial charge in [0.2, 0.25) is 17.7 Å². The molecule has 0 radical (unpaired) electrons. The number of ether oxygens (including phenoxy) is 2. The van der Waals surface area contributed by atoms with Crippen LogP contribution in [0.1, 0.15) is 126 Å². The molecule has 4 aliphatic rings. The van der Waals surface area contributed by atoms with Gasteiger partial charge in [0.25, 0.3) is 5.91 Å². The molecule has 0 saturated carbocycles. The van der Waals surface area contributed by atoms with Crippen LogP contribution in [0.3, 0.4) is 0 Å². The van der Waals surface area contributed by atoms with Crippen LogP contribution in [0.4, 0.5) is 0 Å². The van der Waals surface area contributed by atoms with Gasteiger partial charge in [-0.1, -0.05) is 117 Å². The Kier molecular flexibility index (Phi) is 22.1. The van der Waals surface area contributed by atoms with Crippen LogP contribution in [0, 0.1) is 47.3 Å². The smallest absolute Gasteiger partial charge is 0.325 e. The number of fused-ring (bicyclic) bond motifs is 2. The van der Waals surface area contributed by atoms with Crippen molar-refractivity contribution in [3.63, 3.8) is 0 Å². The van der Waals surface area contributed by atoms with Crippen LogP contribution in [0.2, 0.25) is 0 Å². The molecular weight excluding hydrogens is 947 g/mol. The van der Waals surface area contributed by atoms with E-state index in [9.17, 15) is 49.5 Å². The number of aliphatic hydroxyl groups is 4. The molecule has 1 aromatic carbocycles. The highest BCUT2D eigenvalue weighted by atomic mass is 16.5. The van der Waals surface area contributed by atoms with Crippen LogP contribution in [0.5, 0.6) is 5.75 Å². The molecule has 17 nitrogen and oxygen atoms in total. The number of nitrogens with one attached hydrogen (secondary N) is 4. The molecule has 4 heterocycles. The second kappa shape index (κ2) is 27.2. The summed E-state index contributed by atoms with van der Waals surface area (Å²) in [6.07, 6.45) is 11.3. The van der Waals surface area contributed by atoms with Crippen LogP contribution >= 0.6 is 0 Å². The summed E-state index contributed by atoms with van der Waals surface area (Å²) in [6, 6.07) is 3.13. The topological polar surface area (TPSA) is 256 Å². The SMILES string of the molecule is CC[C@H]1C[C@H](C)[C@@]2(NC1=O)O[C@@H](C[C@H](O)[C@@H](C)CCC=CC=C(C)[C@@H]1CC=CC=C[C@H](O)[C@H](C)[C@@H](O)[C@@H](C)C(=O)N[C@@H](C(C)C)C(=O)N[C@@H](Cc3cccc(O)c3)C(=O)N3CCCC(N3)C(=O)O1)[C@H](C)[C@H](O)[C@@H]2C. The predicted octanol–water partition coefficient (Wildman–Crippen LogP) is 5.06. The molecule has 4 amide bonds. The monoisotopic (exact) mass is 1030 g/mol. The number of esters is 1. The van der Waals surface area contributed by atoms with E-state index in [0.29, 0.717) is 44.1 Å². The number of rotatable bonds is 12. The molecule has 17 atom stereocenters. The second-order valence-corrected chi connectivity index (χ2v) is 22.1. The van der Waals surface area contributed by atoms with E-state index >= 15 is 0 Å². The average molecular weight is 1030 g/mol. The molecule has 3 fully saturated rings. The standard InChI is InChI=1S/C57H87N5O12/c1-11-41-28-35(6)57(60-53(41)69)39(10)51(67)37(8)48(74-57)31-46(65)33(4)20-14-12-15-21-34(5)47-26-17-13-16-25-45(64)36(7)50(66)38(9)52(68)59-49(32(2)3)54(70)58-44(30-40-22-18-23-42(63)29-40)55(71)62-27-19-24-43(61-62)56(72)73-47/h12-13,15-18,21-23,25,29,32-33,35-39,41,43-51,61,63-67H,11,14,19-20,24,26-28,30-31H2,1-10H3,(H,58,70)(H,59,68)(H,60,69)/t33-,35-,36-,37-,38+,39-,41-,43?,44-,45-,46-,47-,48-,49-,50+,51-,57+/m0/s1. The van der Waals surface area contributed by atoms with E-state index in [1.165, 1.54) is 30.1 Å². The zero-order valence-corrected chi connectivity index (χ0v) is 45.3. The summed E-state index contributed by atoms with van der Waals surface area (Å²) >= 11 is 0. The van der Waals surface area contributed by atoms with Crippen LogP contribution in [-0.2, 0) is 39.9 Å². The molecule has 1 spiro atoms. The quantitative estimate of drug-likeness (QED) is 0.0982. The molecule has 1 aromatic rings. The maximum Gasteiger partial charge on any atom is 0.325 e. The number of carbonyl (C=O) groups excluding carboxylic acids is 5. The van der Waals surface area contributed by atoms with E-state index in [2.05, 4.69) is 28.3 Å². The van der Waals surface area contributed by atoms with Crippen molar-refractivity contribution in [2.75, 3.05) is 6.54 Å². The second-order valence-electron chi connectivity index (χ2n) is 22.1. The number of hydrazine groups is 1. The Balaban J connectivity index is 1.31. The number of nitrogens with zero attached hydrogens (tertiary/aromatic N) is 1. The first kappa shape index (κ1) is 60.0. The number of aliphatic hydroxyl groups excluding tert-OH is 4. The van der Waals surface area contributed by atoms with E-state index in [1.807, 2.05) is 52.8 Å². The summed E-state index contributed by atoms with van der Waals surface area (Å²) in [7, 11) is 0. The Morgan fingerprint density at radius 2 is 1.68 bits per heavy atom. The van der Waals surface area contributed by atoms with Crippen molar-refractivity contribution < 1.29 is 59.0 Å². The van der Waals surface area contributed by atoms with Gasteiger partial charge in [-0.25, -0.2) is 5.43 Å². The number of phenols is 1. The maximum absolute atomic E-state index is 14.4. The normalized spacial score (nSPS) is 35.4. The van der Waals surface area contributed by atoms with Crippen molar-refractivity contribution in [1.82, 2.24) is 26.4 Å². The van der Waals surface area contributed by atoms with Gasteiger partial charge in [-0.05, 0) is 80.6 Å². The summed E-state index contributed by atoms with van der Waals surface area (Å²) in [5, 5.41) is 65.4. The summed E-state index contributed by atoms with van der Waals surface area (Å²) < 4.78 is 12.9. The molecule has 412 valence electrons. The Morgan fingerprint density at radius 3 is 2.36 bits per heavy atom. The zero-order valence-electron chi connectivity index (χ0n) is 45.3. The van der Waals surface area contributed by atoms with Crippen molar-refractivity contribution >= 4 is 29.6 Å². The molecule has 5 rings (SSSR count). The molecule has 17 heteroatoms. The number of carbonyl (C=O) groups is 5. The fourth-order valence-electron chi connectivity index (χ4n) is 10.8. The average Bonchev–Trinajstić information content (AvgIpc) is 3.37. The van der Waals surface area contributed by atoms with Gasteiger partial charge in [0.15, 0.2) is 0 Å². The minimum Gasteiger partial charge on any atom is -0.508 e. The molecule has 4 aliphatic heterocycles. The number of aromatic hydroxyl groups is 1. The molecule has 3 saturated heterocycles. The van der Waals surface area contributed by atoms with Crippen LogP contribution in [0.25, 0.3) is 0 Å². The number of hydrogen-bond acceptors (Lipinski definition) is 13. The van der Waals surface area contributed by atoms with Crippen LogP contribution in [0.15, 0.2) is 72.4 Å². The Bertz CT molecular complexity index is 2200. The number of allylic oxidation sites excluding steroid dienone is 5. The maximum atomic E-state index is 14.4. The zero-order chi connectivity index (χ0) is 54.6. The predicted molar refractivity (Wildman–Crippen MR) is 281 cm³/mol. The fraction of sp³-hybridized carbons (Fsp3) is 0.667. The van der Waals surface area contributed by atoms with Crippen LogP contribution in [-0.4, -0.2) is 127 Å². The molecular formula is C57H87N5O12. The number of piperidine rings is 1. The summed E-state index contributed by atoms with van der Waals surface area (Å²) in [5.74, 6) is -5.49. The lowest BCUT2D eigenvalue weighted by Gasteiger charge is -2.56. The minimum absolute atomic E-state index is 0.0168. The van der Waals surface area contributed by atoms with Gasteiger partial charge in [-0.2, -0.15) is 0 Å². The molecule has 9 N–H and O–H groups in total. The number of phenolic OH excluding ortho intramolecular Hbond substituents is 1. The van der Waals surface area contributed by atoms with E-state index in [4.69, 9.17) is 9.47 Å². The number of hydrogen-bond donors (Lipinski definition) is 9. The number of cyclic esters (lactones) is 1. The fourth-order valence-corrected chi connectivity index (χ4v) is 10.8. The van der Waals surface area contributed by atoms with E-state index in [-0.39, 0.29) is 60.6 Å². The first-order chi connectivity index (χ1) is 35.0. The largest absolute Gasteiger partial charge is 0.508 e. The molecule has 1 unspecified atom stereocenters. The lowest BCUT2D eigenvalue weighted by molar-refractivity contribution is -0.267. The highest BCUT2D eigenvalue weighted by Crippen LogP contribution is 2.46. The molecule has 2 bridgehead atoms. The van der Waals surface area contributed by atoms with Gasteiger partial charge in [-0.3, -0.25) is 29.0 Å². The first-order valence-electron chi connectivity index (χ1n) is 27.0. The third-order valence-corrected chi connectivity index (χ3v) is 16.3. The van der Waals surface area contributed by atoms with Gasteiger partial charge in [0.05, 0.1) is 36.4 Å². The van der Waals surface area contributed by atoms with Crippen molar-refractivity contribution in [1.29, 1.82) is 0 Å². The van der Waals surface area contributed by atoms with Gasteiger partial charge >= 0.3 is 5.97 Å². The van der Waals surface area contributed by atoms with E-state index in [1.54, 1.807) is 51.1 Å². The summed E-state index contributed by atoms with van der Waals surface area (Å²) in [4.78, 5) is 69.1. The number of benzene rings is 1. The Hall–Kier alpha value is -4.91. The van der Waals surface area contributed by atoms with Crippen molar-refractivity contribution in [3.05, 3.63) is 77.9 Å². The summed E-state index contributed by atoms with van der Waals surface area (Å²) in [6.45, 7) is 18.6. The lowest BCUT2D eigenvalue weighted by Crippen LogP contribution is -2.71. The minimum atomic E-state index is -1.29. The van der Waals surface area contributed by atoms with Gasteiger partial charge in [0.1, 0.15) is 35.7 Å². The number of amides is 4. The molecule has 74 heavy (non-hydrogen) atoms. The lowest BCUT2D eigenvalue weighted by atomic mass is 9.69. The van der Waals surface area contributed by atoms with Crippen LogP contribution < -0.4 is 21.4 Å². The van der Waals surface area contributed by atoms with E-state index < -0.39 is 102 Å². The highest BCUT2D eigenvalue weighted by molar-refractivity contribution is 5.93.